The monoisotopic (exact) mass is 343 g/mol. The highest BCUT2D eigenvalue weighted by Crippen LogP contribution is 2.23. The first-order valence-electron chi connectivity index (χ1n) is 8.88. The van der Waals surface area contributed by atoms with Crippen molar-refractivity contribution in [2.24, 2.45) is 0 Å². The maximum atomic E-state index is 12.7. The van der Waals surface area contributed by atoms with E-state index >= 15 is 0 Å². The number of likely N-dealkylation sites (tertiary alicyclic amines) is 2. The molecule has 2 saturated heterocycles. The SMILES string of the molecule is CO[C@H]1C[C@@H](CN2CCCC2)N(C(=O)COc2ccccc2C#N)C1. The van der Waals surface area contributed by atoms with Gasteiger partial charge in [0.15, 0.2) is 6.61 Å². The van der Waals surface area contributed by atoms with Gasteiger partial charge in [-0.15, -0.1) is 0 Å². The third-order valence-corrected chi connectivity index (χ3v) is 5.06. The summed E-state index contributed by atoms with van der Waals surface area (Å²) in [5.74, 6) is 0.411. The number of amides is 1. The molecule has 0 saturated carbocycles. The Hall–Kier alpha value is -2.10. The zero-order valence-electron chi connectivity index (χ0n) is 14.7. The van der Waals surface area contributed by atoms with Gasteiger partial charge < -0.3 is 19.3 Å². The summed E-state index contributed by atoms with van der Waals surface area (Å²) in [6, 6.07) is 9.24. The maximum absolute atomic E-state index is 12.7. The number of methoxy groups -OCH3 is 1. The number of benzene rings is 1. The molecule has 2 atom stereocenters. The highest BCUT2D eigenvalue weighted by molar-refractivity contribution is 5.78. The summed E-state index contributed by atoms with van der Waals surface area (Å²) in [7, 11) is 1.70. The van der Waals surface area contributed by atoms with Crippen LogP contribution in [0.1, 0.15) is 24.8 Å². The molecule has 0 spiro atoms. The number of hydrogen-bond acceptors (Lipinski definition) is 5. The number of carbonyl (C=O) groups excluding carboxylic acids is 1. The Labute approximate surface area is 148 Å². The van der Waals surface area contributed by atoms with E-state index in [9.17, 15) is 4.79 Å². The Morgan fingerprint density at radius 3 is 2.80 bits per heavy atom. The molecule has 0 bridgehead atoms. The molecule has 2 fully saturated rings. The van der Waals surface area contributed by atoms with Gasteiger partial charge in [0.25, 0.3) is 5.91 Å². The van der Waals surface area contributed by atoms with Gasteiger partial charge in [0.2, 0.25) is 0 Å². The van der Waals surface area contributed by atoms with Crippen LogP contribution in [0.15, 0.2) is 24.3 Å². The molecule has 2 aliphatic heterocycles. The summed E-state index contributed by atoms with van der Waals surface area (Å²) in [6.07, 6.45) is 3.43. The van der Waals surface area contributed by atoms with E-state index in [4.69, 9.17) is 14.7 Å². The Morgan fingerprint density at radius 1 is 1.32 bits per heavy atom. The Kier molecular flexibility index (Phi) is 5.90. The van der Waals surface area contributed by atoms with E-state index in [1.807, 2.05) is 4.90 Å². The molecule has 0 N–H and O–H groups in total. The van der Waals surface area contributed by atoms with Gasteiger partial charge in [-0.25, -0.2) is 0 Å². The minimum Gasteiger partial charge on any atom is -0.482 e. The van der Waals surface area contributed by atoms with Crippen molar-refractivity contribution < 1.29 is 14.3 Å². The fourth-order valence-corrected chi connectivity index (χ4v) is 3.69. The van der Waals surface area contributed by atoms with Crippen molar-refractivity contribution in [3.63, 3.8) is 0 Å². The molecular formula is C19H25N3O3. The average molecular weight is 343 g/mol. The van der Waals surface area contributed by atoms with E-state index in [2.05, 4.69) is 11.0 Å². The number of ether oxygens (including phenoxy) is 2. The molecule has 0 radical (unpaired) electrons. The Morgan fingerprint density at radius 2 is 2.08 bits per heavy atom. The van der Waals surface area contributed by atoms with Crippen LogP contribution in [0.3, 0.4) is 0 Å². The zero-order chi connectivity index (χ0) is 17.6. The van der Waals surface area contributed by atoms with Gasteiger partial charge in [-0.1, -0.05) is 12.1 Å². The highest BCUT2D eigenvalue weighted by Gasteiger charge is 2.36. The normalized spacial score (nSPS) is 23.6. The van der Waals surface area contributed by atoms with Gasteiger partial charge in [-0.3, -0.25) is 4.79 Å². The number of nitriles is 1. The standard InChI is InChI=1S/C19H25N3O3/c1-24-17-10-16(12-21-8-4-5-9-21)22(13-17)19(23)14-25-18-7-3-2-6-15(18)11-20/h2-3,6-7,16-17H,4-5,8-10,12-14H2,1H3/t16-,17-/m0/s1. The minimum atomic E-state index is -0.0500. The fourth-order valence-electron chi connectivity index (χ4n) is 3.69. The topological polar surface area (TPSA) is 65.8 Å². The summed E-state index contributed by atoms with van der Waals surface area (Å²) in [5, 5.41) is 9.12. The van der Waals surface area contributed by atoms with E-state index in [0.717, 1.165) is 26.1 Å². The third kappa shape index (κ3) is 4.30. The predicted molar refractivity (Wildman–Crippen MR) is 93.2 cm³/mol. The molecule has 25 heavy (non-hydrogen) atoms. The number of rotatable bonds is 6. The molecular weight excluding hydrogens is 318 g/mol. The first kappa shape index (κ1) is 17.7. The summed E-state index contributed by atoms with van der Waals surface area (Å²) in [4.78, 5) is 17.0. The second-order valence-electron chi connectivity index (χ2n) is 6.70. The van der Waals surface area contributed by atoms with E-state index < -0.39 is 0 Å². The molecule has 134 valence electrons. The lowest BCUT2D eigenvalue weighted by Crippen LogP contribution is -2.44. The average Bonchev–Trinajstić information content (AvgIpc) is 3.30. The largest absolute Gasteiger partial charge is 0.482 e. The van der Waals surface area contributed by atoms with E-state index in [-0.39, 0.29) is 24.7 Å². The summed E-state index contributed by atoms with van der Waals surface area (Å²) >= 11 is 0. The van der Waals surface area contributed by atoms with Crippen molar-refractivity contribution in [3.05, 3.63) is 29.8 Å². The van der Waals surface area contributed by atoms with Crippen LogP contribution in [-0.2, 0) is 9.53 Å². The van der Waals surface area contributed by atoms with Crippen LogP contribution in [0.25, 0.3) is 0 Å². The van der Waals surface area contributed by atoms with E-state index in [1.54, 1.807) is 31.4 Å². The molecule has 0 aromatic heterocycles. The Bertz CT molecular complexity index is 637. The smallest absolute Gasteiger partial charge is 0.260 e. The maximum Gasteiger partial charge on any atom is 0.260 e. The third-order valence-electron chi connectivity index (χ3n) is 5.06. The summed E-state index contributed by atoms with van der Waals surface area (Å²) < 4.78 is 11.1. The first-order chi connectivity index (χ1) is 12.2. The number of nitrogens with zero attached hydrogens (tertiary/aromatic N) is 3. The molecule has 3 rings (SSSR count). The van der Waals surface area contributed by atoms with Crippen LogP contribution in [0, 0.1) is 11.3 Å². The van der Waals surface area contributed by atoms with Gasteiger partial charge >= 0.3 is 0 Å². The molecule has 6 heteroatoms. The van der Waals surface area contributed by atoms with Crippen molar-refractivity contribution in [1.29, 1.82) is 5.26 Å². The molecule has 1 amide bonds. The molecule has 2 heterocycles. The van der Waals surface area contributed by atoms with Crippen LogP contribution >= 0.6 is 0 Å². The van der Waals surface area contributed by atoms with Crippen LogP contribution in [0.5, 0.6) is 5.75 Å². The lowest BCUT2D eigenvalue weighted by atomic mass is 10.2. The number of para-hydroxylation sites is 1. The summed E-state index contributed by atoms with van der Waals surface area (Å²) in [5.41, 5.74) is 0.445. The van der Waals surface area contributed by atoms with Gasteiger partial charge in [-0.05, 0) is 44.5 Å². The molecule has 6 nitrogen and oxygen atoms in total. The molecule has 0 unspecified atom stereocenters. The van der Waals surface area contributed by atoms with E-state index in [0.29, 0.717) is 17.9 Å². The molecule has 1 aromatic rings. The number of hydrogen-bond donors (Lipinski definition) is 0. The van der Waals surface area contributed by atoms with Crippen LogP contribution in [0.4, 0.5) is 0 Å². The van der Waals surface area contributed by atoms with Crippen molar-refractivity contribution >= 4 is 5.91 Å². The zero-order valence-corrected chi connectivity index (χ0v) is 14.7. The molecule has 1 aromatic carbocycles. The predicted octanol–water partition coefficient (Wildman–Crippen LogP) is 1.65. The second-order valence-corrected chi connectivity index (χ2v) is 6.70. The number of carbonyl (C=O) groups is 1. The quantitative estimate of drug-likeness (QED) is 0.786. The van der Waals surface area contributed by atoms with Crippen molar-refractivity contribution in [2.75, 3.05) is 39.9 Å². The van der Waals surface area contributed by atoms with Gasteiger partial charge in [-0.2, -0.15) is 5.26 Å². The fraction of sp³-hybridized carbons (Fsp3) is 0.579. The van der Waals surface area contributed by atoms with Gasteiger partial charge in [0.1, 0.15) is 11.8 Å². The molecule has 2 aliphatic rings. The van der Waals surface area contributed by atoms with E-state index in [1.165, 1.54) is 12.8 Å². The lowest BCUT2D eigenvalue weighted by molar-refractivity contribution is -0.134. The first-order valence-corrected chi connectivity index (χ1v) is 8.88. The van der Waals surface area contributed by atoms with Crippen molar-refractivity contribution in [3.8, 4) is 11.8 Å². The summed E-state index contributed by atoms with van der Waals surface area (Å²) in [6.45, 7) is 3.69. The second kappa shape index (κ2) is 8.32. The van der Waals surface area contributed by atoms with Crippen LogP contribution < -0.4 is 4.74 Å². The molecule has 0 aliphatic carbocycles. The van der Waals surface area contributed by atoms with Crippen LogP contribution in [-0.4, -0.2) is 67.7 Å². The van der Waals surface area contributed by atoms with Crippen LogP contribution in [0.2, 0.25) is 0 Å². The Balaban J connectivity index is 1.61. The minimum absolute atomic E-state index is 0.0449. The van der Waals surface area contributed by atoms with Crippen molar-refractivity contribution in [2.45, 2.75) is 31.4 Å². The van der Waals surface area contributed by atoms with Gasteiger partial charge in [0, 0.05) is 26.2 Å². The van der Waals surface area contributed by atoms with Gasteiger partial charge in [0.05, 0.1) is 11.7 Å². The van der Waals surface area contributed by atoms with Crippen molar-refractivity contribution in [1.82, 2.24) is 9.80 Å². The lowest BCUT2D eigenvalue weighted by Gasteiger charge is -2.28. The highest BCUT2D eigenvalue weighted by atomic mass is 16.5.